The van der Waals surface area contributed by atoms with Gasteiger partial charge in [-0.1, -0.05) is 18.2 Å². The van der Waals surface area contributed by atoms with Gasteiger partial charge < -0.3 is 14.2 Å². The van der Waals surface area contributed by atoms with Gasteiger partial charge in [-0.25, -0.2) is 4.79 Å². The molecular formula is C20H17NO7. The molecule has 3 rings (SSSR count). The summed E-state index contributed by atoms with van der Waals surface area (Å²) in [6.07, 6.45) is 2.72. The number of benzene rings is 2. The maximum atomic E-state index is 12.1. The number of aryl methyl sites for hydroxylation is 1. The van der Waals surface area contributed by atoms with E-state index in [4.69, 9.17) is 14.2 Å². The summed E-state index contributed by atoms with van der Waals surface area (Å²) >= 11 is 0. The zero-order chi connectivity index (χ0) is 20.1. The highest BCUT2D eigenvalue weighted by Gasteiger charge is 2.16. The van der Waals surface area contributed by atoms with Gasteiger partial charge in [0.2, 0.25) is 5.78 Å². The number of hydrogen-bond donors (Lipinski definition) is 0. The first-order valence-corrected chi connectivity index (χ1v) is 8.47. The summed E-state index contributed by atoms with van der Waals surface area (Å²) in [5.74, 6) is 0.00991. The number of nitro groups is 1. The summed E-state index contributed by atoms with van der Waals surface area (Å²) in [5, 5.41) is 11.0. The molecule has 0 aliphatic carbocycles. The topological polar surface area (TPSA) is 105 Å². The maximum Gasteiger partial charge on any atom is 0.331 e. The molecule has 0 amide bonds. The van der Waals surface area contributed by atoms with Crippen LogP contribution < -0.4 is 9.47 Å². The molecule has 8 nitrogen and oxygen atoms in total. The van der Waals surface area contributed by atoms with Crippen LogP contribution >= 0.6 is 0 Å². The molecule has 1 aliphatic heterocycles. The summed E-state index contributed by atoms with van der Waals surface area (Å²) in [6, 6.07) is 9.35. The Kier molecular flexibility index (Phi) is 5.69. The van der Waals surface area contributed by atoms with Crippen LogP contribution in [-0.2, 0) is 9.53 Å². The fourth-order valence-electron chi connectivity index (χ4n) is 2.58. The molecule has 0 unspecified atom stereocenters. The SMILES string of the molecule is Cc1ccc(C(=O)COC(=O)/C=C/c2ccc3c(c2)OCCO3)cc1[N+](=O)[O-]. The van der Waals surface area contributed by atoms with Gasteiger partial charge in [-0.15, -0.1) is 0 Å². The second-order valence-electron chi connectivity index (χ2n) is 6.03. The lowest BCUT2D eigenvalue weighted by Crippen LogP contribution is -2.15. The van der Waals surface area contributed by atoms with Crippen molar-refractivity contribution in [2.24, 2.45) is 0 Å². The van der Waals surface area contributed by atoms with Gasteiger partial charge in [0.05, 0.1) is 4.92 Å². The zero-order valence-electron chi connectivity index (χ0n) is 15.0. The van der Waals surface area contributed by atoms with Crippen LogP contribution in [0.5, 0.6) is 11.5 Å². The molecule has 1 aliphatic rings. The average molecular weight is 383 g/mol. The van der Waals surface area contributed by atoms with E-state index in [1.807, 2.05) is 0 Å². The van der Waals surface area contributed by atoms with Crippen LogP contribution in [0.25, 0.3) is 6.08 Å². The Morgan fingerprint density at radius 3 is 2.64 bits per heavy atom. The van der Waals surface area contributed by atoms with Gasteiger partial charge in [0.15, 0.2) is 18.1 Å². The van der Waals surface area contributed by atoms with E-state index in [2.05, 4.69) is 0 Å². The molecule has 2 aromatic rings. The number of hydrogen-bond acceptors (Lipinski definition) is 7. The van der Waals surface area contributed by atoms with E-state index in [1.165, 1.54) is 30.4 Å². The van der Waals surface area contributed by atoms with Crippen molar-refractivity contribution >= 4 is 23.5 Å². The monoisotopic (exact) mass is 383 g/mol. The smallest absolute Gasteiger partial charge is 0.331 e. The first-order valence-electron chi connectivity index (χ1n) is 8.47. The molecule has 0 aromatic heterocycles. The Bertz CT molecular complexity index is 965. The molecule has 2 aromatic carbocycles. The van der Waals surface area contributed by atoms with Gasteiger partial charge in [-0.2, -0.15) is 0 Å². The lowest BCUT2D eigenvalue weighted by Gasteiger charge is -2.18. The third kappa shape index (κ3) is 4.53. The predicted octanol–water partition coefficient (Wildman–Crippen LogP) is 3.11. The number of nitrogens with zero attached hydrogens (tertiary/aromatic N) is 1. The molecule has 1 heterocycles. The van der Waals surface area contributed by atoms with Gasteiger partial charge in [-0.3, -0.25) is 14.9 Å². The normalized spacial score (nSPS) is 12.6. The quantitative estimate of drug-likeness (QED) is 0.248. The Hall–Kier alpha value is -3.68. The Labute approximate surface area is 160 Å². The van der Waals surface area contributed by atoms with Crippen molar-refractivity contribution in [2.75, 3.05) is 19.8 Å². The van der Waals surface area contributed by atoms with E-state index in [-0.39, 0.29) is 11.3 Å². The average Bonchev–Trinajstić information content (AvgIpc) is 2.70. The Balaban J connectivity index is 1.58. The standard InChI is InChI=1S/C20H17NO7/c1-13-2-5-15(11-16(13)21(24)25)17(22)12-28-20(23)7-4-14-3-6-18-19(10-14)27-9-8-26-18/h2-7,10-11H,8-9,12H2,1H3/b7-4+. The lowest BCUT2D eigenvalue weighted by molar-refractivity contribution is -0.385. The molecule has 28 heavy (non-hydrogen) atoms. The zero-order valence-corrected chi connectivity index (χ0v) is 15.0. The second kappa shape index (κ2) is 8.34. The highest BCUT2D eigenvalue weighted by molar-refractivity contribution is 5.99. The largest absolute Gasteiger partial charge is 0.486 e. The van der Waals surface area contributed by atoms with Crippen molar-refractivity contribution in [1.29, 1.82) is 0 Å². The predicted molar refractivity (Wildman–Crippen MR) is 99.6 cm³/mol. The van der Waals surface area contributed by atoms with Crippen molar-refractivity contribution in [2.45, 2.75) is 6.92 Å². The molecule has 0 saturated carbocycles. The molecule has 8 heteroatoms. The second-order valence-corrected chi connectivity index (χ2v) is 6.03. The van der Waals surface area contributed by atoms with Crippen molar-refractivity contribution in [3.05, 3.63) is 69.3 Å². The van der Waals surface area contributed by atoms with E-state index in [1.54, 1.807) is 25.1 Å². The minimum Gasteiger partial charge on any atom is -0.486 e. The van der Waals surface area contributed by atoms with E-state index >= 15 is 0 Å². The number of Topliss-reactive ketones (excluding diaryl/α,β-unsaturated/α-hetero) is 1. The molecular weight excluding hydrogens is 366 g/mol. The molecule has 0 atom stereocenters. The number of carbonyl (C=O) groups is 2. The van der Waals surface area contributed by atoms with Crippen LogP contribution in [-0.4, -0.2) is 36.5 Å². The first-order chi connectivity index (χ1) is 13.4. The van der Waals surface area contributed by atoms with E-state index in [9.17, 15) is 19.7 Å². The number of nitro benzene ring substituents is 1. The van der Waals surface area contributed by atoms with Gasteiger partial charge in [0, 0.05) is 23.3 Å². The molecule has 0 saturated heterocycles. The summed E-state index contributed by atoms with van der Waals surface area (Å²) in [7, 11) is 0. The fourth-order valence-corrected chi connectivity index (χ4v) is 2.58. The van der Waals surface area contributed by atoms with E-state index in [0.29, 0.717) is 35.8 Å². The number of fused-ring (bicyclic) bond motifs is 1. The number of carbonyl (C=O) groups excluding carboxylic acids is 2. The Morgan fingerprint density at radius 1 is 1.14 bits per heavy atom. The van der Waals surface area contributed by atoms with Crippen molar-refractivity contribution in [3.8, 4) is 11.5 Å². The third-order valence-electron chi connectivity index (χ3n) is 4.05. The molecule has 0 bridgehead atoms. The summed E-state index contributed by atoms with van der Waals surface area (Å²) in [6.45, 7) is 2.02. The number of esters is 1. The van der Waals surface area contributed by atoms with Gasteiger partial charge >= 0.3 is 5.97 Å². The highest BCUT2D eigenvalue weighted by atomic mass is 16.6. The molecule has 0 radical (unpaired) electrons. The van der Waals surface area contributed by atoms with Gasteiger partial charge in [0.25, 0.3) is 5.69 Å². The van der Waals surface area contributed by atoms with Crippen LogP contribution in [0.3, 0.4) is 0 Å². The molecule has 0 spiro atoms. The fraction of sp³-hybridized carbons (Fsp3) is 0.200. The van der Waals surface area contributed by atoms with Crippen LogP contribution in [0, 0.1) is 17.0 Å². The minimum atomic E-state index is -0.704. The van der Waals surface area contributed by atoms with E-state index in [0.717, 1.165) is 0 Å². The van der Waals surface area contributed by atoms with Crippen LogP contribution in [0.1, 0.15) is 21.5 Å². The third-order valence-corrected chi connectivity index (χ3v) is 4.05. The molecule has 0 N–H and O–H groups in total. The summed E-state index contributed by atoms with van der Waals surface area (Å²) in [4.78, 5) is 34.4. The summed E-state index contributed by atoms with van der Waals surface area (Å²) < 4.78 is 15.8. The van der Waals surface area contributed by atoms with E-state index < -0.39 is 23.3 Å². The van der Waals surface area contributed by atoms with Gasteiger partial charge in [-0.05, 0) is 30.7 Å². The molecule has 0 fully saturated rings. The van der Waals surface area contributed by atoms with Crippen LogP contribution in [0.15, 0.2) is 42.5 Å². The highest BCUT2D eigenvalue weighted by Crippen LogP contribution is 2.31. The Morgan fingerprint density at radius 2 is 1.89 bits per heavy atom. The van der Waals surface area contributed by atoms with Crippen LogP contribution in [0.2, 0.25) is 0 Å². The van der Waals surface area contributed by atoms with Crippen molar-refractivity contribution in [1.82, 2.24) is 0 Å². The maximum absolute atomic E-state index is 12.1. The summed E-state index contributed by atoms with van der Waals surface area (Å²) in [5.41, 5.74) is 1.11. The molecule has 144 valence electrons. The lowest BCUT2D eigenvalue weighted by atomic mass is 10.1. The van der Waals surface area contributed by atoms with Gasteiger partial charge in [0.1, 0.15) is 13.2 Å². The minimum absolute atomic E-state index is 0.112. The number of ether oxygens (including phenoxy) is 3. The number of rotatable bonds is 6. The van der Waals surface area contributed by atoms with Crippen molar-refractivity contribution in [3.63, 3.8) is 0 Å². The first kappa shape index (κ1) is 19.1. The van der Waals surface area contributed by atoms with Crippen molar-refractivity contribution < 1.29 is 28.7 Å². The van der Waals surface area contributed by atoms with Crippen LogP contribution in [0.4, 0.5) is 5.69 Å². The number of ketones is 1.